The molecule has 0 aliphatic carbocycles. The number of hydrogen-bond donors (Lipinski definition) is 1. The fourth-order valence-corrected chi connectivity index (χ4v) is 3.95. The zero-order valence-electron chi connectivity index (χ0n) is 20.9. The van der Waals surface area contributed by atoms with Crippen LogP contribution in [0.15, 0.2) is 72.8 Å². The Hall–Kier alpha value is -4.07. The Kier molecular flexibility index (Phi) is 6.86. The molecule has 192 valence electrons. The fourth-order valence-electron chi connectivity index (χ4n) is 3.95. The summed E-state index contributed by atoms with van der Waals surface area (Å²) in [5.41, 5.74) is 1.42. The van der Waals surface area contributed by atoms with E-state index in [1.54, 1.807) is 57.2 Å². The van der Waals surface area contributed by atoms with Crippen LogP contribution in [0.3, 0.4) is 0 Å². The third kappa shape index (κ3) is 5.38. The van der Waals surface area contributed by atoms with Crippen molar-refractivity contribution in [2.24, 2.45) is 5.41 Å². The number of aromatic hydroxyl groups is 1. The molecule has 0 saturated heterocycles. The zero-order chi connectivity index (χ0) is 27.0. The number of phenolic OH excluding ortho intramolecular Hbond substituents is 1. The van der Waals surface area contributed by atoms with Gasteiger partial charge in [0.2, 0.25) is 0 Å². The molecular formula is C29H27F3N2O3. The van der Waals surface area contributed by atoms with Crippen molar-refractivity contribution in [1.82, 2.24) is 9.78 Å². The normalized spacial score (nSPS) is 12.0. The van der Waals surface area contributed by atoms with Crippen molar-refractivity contribution < 1.29 is 27.8 Å². The number of benzene rings is 3. The third-order valence-electron chi connectivity index (χ3n) is 5.87. The monoisotopic (exact) mass is 508 g/mol. The molecule has 0 unspecified atom stereocenters. The van der Waals surface area contributed by atoms with E-state index in [4.69, 9.17) is 4.74 Å². The molecule has 3 aromatic carbocycles. The number of ether oxygens (including phenoxy) is 1. The summed E-state index contributed by atoms with van der Waals surface area (Å²) < 4.78 is 48.7. The minimum absolute atomic E-state index is 0.0734. The third-order valence-corrected chi connectivity index (χ3v) is 5.87. The average Bonchev–Trinajstić information content (AvgIpc) is 3.23. The number of halogens is 3. The Bertz CT molecular complexity index is 1420. The quantitative estimate of drug-likeness (QED) is 0.225. The molecule has 1 N–H and O–H groups in total. The van der Waals surface area contributed by atoms with Crippen LogP contribution in [0.2, 0.25) is 0 Å². The predicted molar refractivity (Wildman–Crippen MR) is 136 cm³/mol. The van der Waals surface area contributed by atoms with Crippen LogP contribution in [-0.2, 0) is 17.4 Å². The van der Waals surface area contributed by atoms with Crippen LogP contribution in [0, 0.1) is 5.41 Å². The Morgan fingerprint density at radius 1 is 0.919 bits per heavy atom. The first-order chi connectivity index (χ1) is 17.4. The number of alkyl halides is 3. The Morgan fingerprint density at radius 2 is 1.51 bits per heavy atom. The molecule has 5 nitrogen and oxygen atoms in total. The number of phenols is 1. The van der Waals surface area contributed by atoms with Crippen LogP contribution < -0.4 is 4.74 Å². The lowest BCUT2D eigenvalue weighted by atomic mass is 9.97. The Labute approximate surface area is 213 Å². The lowest BCUT2D eigenvalue weighted by molar-refractivity contribution is -0.143. The standard InChI is InChI=1S/C29H27F3N2O3/c1-5-22-25(18-10-14-20(35)15-11-18)33-34(24-9-7-6-8-23(24)29(30,31)32)26(22)19-12-16-21(17-13-19)37-27(36)28(2,3)4/h6-17,35H,5H2,1-4H3. The fraction of sp³-hybridized carbons (Fsp3) is 0.241. The smallest absolute Gasteiger partial charge is 0.418 e. The first-order valence-corrected chi connectivity index (χ1v) is 11.8. The van der Waals surface area contributed by atoms with Crippen LogP contribution in [-0.4, -0.2) is 20.9 Å². The number of carbonyl (C=O) groups excluding carboxylic acids is 1. The van der Waals surface area contributed by atoms with Crippen molar-refractivity contribution in [2.45, 2.75) is 40.3 Å². The lowest BCUT2D eigenvalue weighted by Crippen LogP contribution is -2.25. The molecule has 0 aliphatic heterocycles. The van der Waals surface area contributed by atoms with Crippen molar-refractivity contribution in [2.75, 3.05) is 0 Å². The molecule has 0 amide bonds. The van der Waals surface area contributed by atoms with Gasteiger partial charge in [-0.1, -0.05) is 19.1 Å². The summed E-state index contributed by atoms with van der Waals surface area (Å²) in [5, 5.41) is 14.4. The Morgan fingerprint density at radius 3 is 2.08 bits per heavy atom. The molecule has 0 saturated carbocycles. The van der Waals surface area contributed by atoms with Crippen molar-refractivity contribution in [3.05, 3.63) is 83.9 Å². The second kappa shape index (κ2) is 9.76. The second-order valence-electron chi connectivity index (χ2n) is 9.67. The van der Waals surface area contributed by atoms with Gasteiger partial charge in [0.25, 0.3) is 0 Å². The first-order valence-electron chi connectivity index (χ1n) is 11.8. The highest BCUT2D eigenvalue weighted by atomic mass is 19.4. The Balaban J connectivity index is 1.92. The molecule has 0 fully saturated rings. The van der Waals surface area contributed by atoms with Crippen LogP contribution in [0.1, 0.15) is 38.8 Å². The van der Waals surface area contributed by atoms with Crippen LogP contribution in [0.4, 0.5) is 13.2 Å². The van der Waals surface area contributed by atoms with E-state index in [-0.39, 0.29) is 11.4 Å². The topological polar surface area (TPSA) is 64.3 Å². The highest BCUT2D eigenvalue weighted by Gasteiger charge is 2.35. The van der Waals surface area contributed by atoms with E-state index in [0.29, 0.717) is 34.7 Å². The van der Waals surface area contributed by atoms with Gasteiger partial charge in [0.15, 0.2) is 0 Å². The van der Waals surface area contributed by atoms with Crippen LogP contribution >= 0.6 is 0 Å². The van der Waals surface area contributed by atoms with Crippen molar-refractivity contribution >= 4 is 5.97 Å². The molecule has 0 atom stereocenters. The summed E-state index contributed by atoms with van der Waals surface area (Å²) >= 11 is 0. The van der Waals surface area contributed by atoms with Gasteiger partial charge in [0.05, 0.1) is 28.1 Å². The molecule has 37 heavy (non-hydrogen) atoms. The molecule has 0 aliphatic rings. The summed E-state index contributed by atoms with van der Waals surface area (Å²) in [6.45, 7) is 7.15. The van der Waals surface area contributed by atoms with Gasteiger partial charge in [-0.3, -0.25) is 4.79 Å². The number of esters is 1. The first kappa shape index (κ1) is 26.0. The van der Waals surface area contributed by atoms with Gasteiger partial charge in [-0.25, -0.2) is 4.68 Å². The van der Waals surface area contributed by atoms with E-state index < -0.39 is 23.1 Å². The molecule has 0 bridgehead atoms. The predicted octanol–water partition coefficient (Wildman–Crippen LogP) is 7.44. The van der Waals surface area contributed by atoms with Gasteiger partial charge in [-0.15, -0.1) is 0 Å². The van der Waals surface area contributed by atoms with Gasteiger partial charge in [0, 0.05) is 16.7 Å². The van der Waals surface area contributed by atoms with Gasteiger partial charge < -0.3 is 9.84 Å². The largest absolute Gasteiger partial charge is 0.508 e. The molecule has 1 aromatic heterocycles. The summed E-state index contributed by atoms with van der Waals surface area (Å²) in [4.78, 5) is 12.3. The maximum atomic E-state index is 14.0. The number of rotatable bonds is 5. The minimum Gasteiger partial charge on any atom is -0.508 e. The molecule has 0 spiro atoms. The highest BCUT2D eigenvalue weighted by Crippen LogP contribution is 2.40. The summed E-state index contributed by atoms with van der Waals surface area (Å²) in [7, 11) is 0. The second-order valence-corrected chi connectivity index (χ2v) is 9.67. The SMILES string of the molecule is CCc1c(-c2ccc(O)cc2)nn(-c2ccccc2C(F)(F)F)c1-c1ccc(OC(=O)C(C)(C)C)cc1. The van der Waals surface area contributed by atoms with Crippen LogP contribution in [0.5, 0.6) is 11.5 Å². The van der Waals surface area contributed by atoms with E-state index >= 15 is 0 Å². The lowest BCUT2D eigenvalue weighted by Gasteiger charge is -2.17. The maximum absolute atomic E-state index is 14.0. The van der Waals surface area contributed by atoms with Gasteiger partial charge >= 0.3 is 12.1 Å². The maximum Gasteiger partial charge on any atom is 0.418 e. The highest BCUT2D eigenvalue weighted by molar-refractivity contribution is 5.79. The van der Waals surface area contributed by atoms with Crippen molar-refractivity contribution in [1.29, 1.82) is 0 Å². The molecule has 1 heterocycles. The molecule has 0 radical (unpaired) electrons. The number of nitrogens with zero attached hydrogens (tertiary/aromatic N) is 2. The number of carbonyl (C=O) groups is 1. The van der Waals surface area contributed by atoms with Crippen molar-refractivity contribution in [3.8, 4) is 39.7 Å². The van der Waals surface area contributed by atoms with Gasteiger partial charge in [-0.05, 0) is 87.9 Å². The summed E-state index contributed by atoms with van der Waals surface area (Å²) in [6.07, 6.45) is -4.10. The van der Waals surface area contributed by atoms with Gasteiger partial charge in [-0.2, -0.15) is 18.3 Å². The van der Waals surface area contributed by atoms with Crippen LogP contribution in [0.25, 0.3) is 28.2 Å². The van der Waals surface area contributed by atoms with Crippen molar-refractivity contribution in [3.63, 3.8) is 0 Å². The molecular weight excluding hydrogens is 481 g/mol. The van der Waals surface area contributed by atoms with E-state index in [1.165, 1.54) is 35.0 Å². The minimum atomic E-state index is -4.59. The van der Waals surface area contributed by atoms with Gasteiger partial charge in [0.1, 0.15) is 11.5 Å². The van der Waals surface area contributed by atoms with E-state index in [9.17, 15) is 23.1 Å². The molecule has 8 heteroatoms. The number of aromatic nitrogens is 2. The van der Waals surface area contributed by atoms with E-state index in [1.807, 2.05) is 6.92 Å². The number of para-hydroxylation sites is 1. The average molecular weight is 509 g/mol. The summed E-state index contributed by atoms with van der Waals surface area (Å²) in [6, 6.07) is 18.3. The molecule has 4 rings (SSSR count). The van der Waals surface area contributed by atoms with E-state index in [2.05, 4.69) is 5.10 Å². The summed E-state index contributed by atoms with van der Waals surface area (Å²) in [5.74, 6) is 0.0137. The zero-order valence-corrected chi connectivity index (χ0v) is 20.9. The molecule has 4 aromatic rings. The van der Waals surface area contributed by atoms with E-state index in [0.717, 1.165) is 11.6 Å². The number of hydrogen-bond acceptors (Lipinski definition) is 4.